The zero-order valence-corrected chi connectivity index (χ0v) is 54.2. The quantitative estimate of drug-likeness (QED) is 0.0329. The fraction of sp³-hybridized carbons (Fsp3) is 0.491. The van der Waals surface area contributed by atoms with Crippen molar-refractivity contribution in [2.24, 2.45) is 5.73 Å². The number of anilines is 4. The van der Waals surface area contributed by atoms with E-state index in [0.29, 0.717) is 48.2 Å². The molecule has 83 heavy (non-hydrogen) atoms. The van der Waals surface area contributed by atoms with Crippen LogP contribution in [0.2, 0.25) is 15.3 Å². The number of nitrogens with one attached hydrogen (secondary N) is 2. The van der Waals surface area contributed by atoms with E-state index in [1.54, 1.807) is 16.9 Å². The molecule has 21 nitrogen and oxygen atoms in total. The van der Waals surface area contributed by atoms with E-state index in [1.807, 2.05) is 106 Å². The van der Waals surface area contributed by atoms with Crippen LogP contribution in [0.1, 0.15) is 92.7 Å². The normalized spacial score (nSPS) is 14.0. The van der Waals surface area contributed by atoms with E-state index >= 15 is 0 Å². The number of para-hydroxylation sites is 3. The van der Waals surface area contributed by atoms with Gasteiger partial charge in [0.15, 0.2) is 12.2 Å². The number of carbonyl (C=O) groups excluding carboxylic acids is 2. The van der Waals surface area contributed by atoms with Crippen LogP contribution in [0.4, 0.5) is 23.3 Å². The number of carbonyl (C=O) groups is 3. The minimum atomic E-state index is -3.10. The molecule has 0 radical (unpaired) electrons. The molecule has 4 atom stereocenters. The smallest absolute Gasteiger partial charge is 0.442 e. The Bertz CT molecular complexity index is 3070. The molecule has 3 heterocycles. The summed E-state index contributed by atoms with van der Waals surface area (Å²) in [6.07, 6.45) is 6.03. The number of ether oxygens (including phenoxy) is 3. The van der Waals surface area contributed by atoms with Crippen LogP contribution in [0.5, 0.6) is 11.5 Å². The Morgan fingerprint density at radius 3 is 2.17 bits per heavy atom. The van der Waals surface area contributed by atoms with Gasteiger partial charge in [-0.25, -0.2) is 4.79 Å². The summed E-state index contributed by atoms with van der Waals surface area (Å²) in [6.45, 7) is 24.6. The maximum absolute atomic E-state index is 12.2. The van der Waals surface area contributed by atoms with Crippen LogP contribution in [-0.4, -0.2) is 133 Å². The molecule has 1 aliphatic rings. The first-order chi connectivity index (χ1) is 38.6. The standard InChI is InChI=1S/C15H14Cl2N2O3.C15H22ClNO2.C11H11Cl2NO2.C9H16ClN5.C5H12NO4P/c1-5-6-21-12-8-11(9(16)7-10(12)17)19-14(20)22-13(18-19)15(2,3)4;1-5-13-8-6-7-11(2)15(13)17(14(18)9-16)12(3)10-19-4;1-7-6-16-9-5-3-2-4-8(9)14(7)11(15)10(12)13;1-5-11-7-12-6(10)13-8(14-7)15-9(2,3)4;1-11(9,10)3-2-4(6)5(7)8/h1,7-8H,6H2,2-4H3;6-8,12H,5,9-10H2,1-4H3;2-5,7,10H,6H2,1H3;5H2,1-4H3,(H2,11,12,13,14,15);4H,2-3,6H2,1H3,(H,7,8)(H,9,10). The molecule has 3 aromatic carbocycles. The number of fused-ring (bicyclic) bond motifs is 1. The van der Waals surface area contributed by atoms with Crippen molar-refractivity contribution in [3.8, 4) is 29.5 Å². The van der Waals surface area contributed by atoms with Crippen molar-refractivity contribution in [2.75, 3.05) is 72.6 Å². The van der Waals surface area contributed by atoms with Gasteiger partial charge in [-0.1, -0.05) is 110 Å². The maximum Gasteiger partial charge on any atom is 0.442 e. The molecule has 0 fully saturated rings. The van der Waals surface area contributed by atoms with Crippen LogP contribution in [0.3, 0.4) is 0 Å². The van der Waals surface area contributed by atoms with E-state index < -0.39 is 35.4 Å². The molecule has 0 bridgehead atoms. The van der Waals surface area contributed by atoms with Crippen molar-refractivity contribution in [3.63, 3.8) is 0 Å². The SMILES string of the molecule is C#CCOc1cc(-n2nc(C(C)(C)C)oc2=O)c(Cl)cc1Cl.CC1COc2ccccc2N1C(=O)C(Cl)Cl.CCNc1nc(Cl)nc(NC(C)(C)C)n1.CCc1cccc(C)c1N(C(=O)CCl)C(C)COC.CP(=O)(O)CCC(N)C(=O)O. The molecule has 458 valence electrons. The minimum Gasteiger partial charge on any atom is -0.489 e. The van der Waals surface area contributed by atoms with Gasteiger partial charge in [-0.05, 0) is 102 Å². The van der Waals surface area contributed by atoms with Gasteiger partial charge < -0.3 is 54.8 Å². The third kappa shape index (κ3) is 24.6. The predicted molar refractivity (Wildman–Crippen MR) is 333 cm³/mol. The number of rotatable bonds is 17. The highest BCUT2D eigenvalue weighted by molar-refractivity contribution is 7.57. The summed E-state index contributed by atoms with van der Waals surface area (Å²) in [6, 6.07) is 15.2. The molecule has 0 saturated carbocycles. The summed E-state index contributed by atoms with van der Waals surface area (Å²) in [5, 5.41) is 19.3. The predicted octanol–water partition coefficient (Wildman–Crippen LogP) is 11.1. The first-order valence-corrected chi connectivity index (χ1v) is 30.6. The molecule has 1 aliphatic heterocycles. The second kappa shape index (κ2) is 34.6. The van der Waals surface area contributed by atoms with Gasteiger partial charge in [0.05, 0.1) is 45.8 Å². The van der Waals surface area contributed by atoms with Gasteiger partial charge in [0.1, 0.15) is 36.6 Å². The van der Waals surface area contributed by atoms with Crippen molar-refractivity contribution in [1.82, 2.24) is 24.7 Å². The molecule has 0 saturated heterocycles. The van der Waals surface area contributed by atoms with Crippen molar-refractivity contribution in [2.45, 2.75) is 123 Å². The van der Waals surface area contributed by atoms with Crippen LogP contribution in [0.15, 0.2) is 63.8 Å². The van der Waals surface area contributed by atoms with E-state index in [-0.39, 0.29) is 69.8 Å². The molecule has 0 spiro atoms. The zero-order valence-electron chi connectivity index (χ0n) is 48.7. The monoisotopic (exact) mass is 1290 g/mol. The third-order valence-electron chi connectivity index (χ3n) is 11.0. The van der Waals surface area contributed by atoms with E-state index in [9.17, 15) is 23.7 Å². The summed E-state index contributed by atoms with van der Waals surface area (Å²) in [4.78, 5) is 69.4. The number of nitrogens with two attached hydrogens (primary N) is 1. The third-order valence-corrected chi connectivity index (χ3v) is 13.4. The largest absolute Gasteiger partial charge is 0.489 e. The lowest BCUT2D eigenvalue weighted by atomic mass is 9.97. The summed E-state index contributed by atoms with van der Waals surface area (Å²) in [7, 11) is -1.47. The lowest BCUT2D eigenvalue weighted by Crippen LogP contribution is -2.47. The number of benzene rings is 3. The summed E-state index contributed by atoms with van der Waals surface area (Å²) < 4.78 is 32.9. The van der Waals surface area contributed by atoms with E-state index in [0.717, 1.165) is 40.1 Å². The average molecular weight is 1300 g/mol. The van der Waals surface area contributed by atoms with Crippen LogP contribution < -0.4 is 41.4 Å². The lowest BCUT2D eigenvalue weighted by molar-refractivity contribution is -0.138. The summed E-state index contributed by atoms with van der Waals surface area (Å²) in [5.74, 6) is 2.40. The number of aromatic nitrogens is 5. The number of amides is 2. The van der Waals surface area contributed by atoms with E-state index in [2.05, 4.69) is 49.6 Å². The number of carboxylic acids is 1. The van der Waals surface area contributed by atoms with Crippen LogP contribution in [0.25, 0.3) is 5.69 Å². The Kier molecular flexibility index (Phi) is 30.7. The Morgan fingerprint density at radius 2 is 1.64 bits per heavy atom. The molecular formula is C55H75Cl6N10O11P. The molecule has 28 heteroatoms. The number of nitrogens with zero attached hydrogens (tertiary/aromatic N) is 7. The number of carboxylic acid groups (broad SMARTS) is 1. The molecule has 6 rings (SSSR count). The van der Waals surface area contributed by atoms with Gasteiger partial charge >= 0.3 is 11.7 Å². The second-order valence-electron chi connectivity index (χ2n) is 20.5. The first kappa shape index (κ1) is 73.7. The van der Waals surface area contributed by atoms with Gasteiger partial charge in [-0.2, -0.15) is 19.6 Å². The highest BCUT2D eigenvalue weighted by atomic mass is 35.5. The van der Waals surface area contributed by atoms with Gasteiger partial charge in [0.25, 0.3) is 5.91 Å². The van der Waals surface area contributed by atoms with Crippen molar-refractivity contribution in [3.05, 3.63) is 97.5 Å². The number of aryl methyl sites for hydroxylation is 2. The lowest BCUT2D eigenvalue weighted by Gasteiger charge is -2.35. The number of methoxy groups -OCH3 is 1. The zero-order chi connectivity index (χ0) is 63.2. The highest BCUT2D eigenvalue weighted by Crippen LogP contribution is 2.37. The average Bonchev–Trinajstić information content (AvgIpc) is 3.81. The molecule has 4 unspecified atom stereocenters. The highest BCUT2D eigenvalue weighted by Gasteiger charge is 2.32. The number of halogens is 6. The van der Waals surface area contributed by atoms with Crippen molar-refractivity contribution >= 4 is 118 Å². The molecule has 6 N–H and O–H groups in total. The summed E-state index contributed by atoms with van der Waals surface area (Å²) in [5.41, 5.74) is 8.82. The number of hydrogen-bond acceptors (Lipinski definition) is 16. The second-order valence-corrected chi connectivity index (χ2v) is 25.6. The van der Waals surface area contributed by atoms with Crippen LogP contribution in [0, 0.1) is 19.3 Å². The van der Waals surface area contributed by atoms with Gasteiger partial charge in [0, 0.05) is 43.5 Å². The Morgan fingerprint density at radius 1 is 1.00 bits per heavy atom. The molecule has 5 aromatic rings. The van der Waals surface area contributed by atoms with Gasteiger partial charge in [-0.3, -0.25) is 18.9 Å². The number of hydrogen-bond donors (Lipinski definition) is 5. The van der Waals surface area contributed by atoms with Crippen LogP contribution in [-0.2, 0) is 35.5 Å². The Balaban J connectivity index is 0.000000360. The topological polar surface area (TPSA) is 280 Å². The number of aliphatic carboxylic acids is 1. The first-order valence-electron chi connectivity index (χ1n) is 25.8. The summed E-state index contributed by atoms with van der Waals surface area (Å²) >= 11 is 35.0. The fourth-order valence-electron chi connectivity index (χ4n) is 7.19. The minimum absolute atomic E-state index is 0.0223. The van der Waals surface area contributed by atoms with Gasteiger partial charge in [-0.15, -0.1) is 23.1 Å². The number of terminal acetylenes is 1. The van der Waals surface area contributed by atoms with Crippen molar-refractivity contribution in [1.29, 1.82) is 0 Å². The maximum atomic E-state index is 12.2. The molecular weight excluding hydrogens is 1220 g/mol. The molecule has 2 amide bonds. The van der Waals surface area contributed by atoms with Crippen molar-refractivity contribution < 1.29 is 47.6 Å². The van der Waals surface area contributed by atoms with Crippen LogP contribution >= 0.6 is 77.0 Å². The molecule has 2 aromatic heterocycles. The van der Waals surface area contributed by atoms with E-state index in [4.69, 9.17) is 110 Å². The van der Waals surface area contributed by atoms with Gasteiger partial charge in [0.2, 0.25) is 29.0 Å². The number of alkyl halides is 3. The molecule has 0 aliphatic carbocycles. The fourth-order valence-corrected chi connectivity index (χ4v) is 8.96. The Labute approximate surface area is 515 Å². The van der Waals surface area contributed by atoms with E-state index in [1.165, 1.54) is 18.8 Å². The Hall–Kier alpha value is -5.37.